The van der Waals surface area contributed by atoms with Gasteiger partial charge in [0.1, 0.15) is 11.2 Å². The molecule has 1 aliphatic carbocycles. The highest BCUT2D eigenvalue weighted by molar-refractivity contribution is 6.13. The van der Waals surface area contributed by atoms with Gasteiger partial charge in [-0.25, -0.2) is 0 Å². The van der Waals surface area contributed by atoms with Crippen LogP contribution in [0.4, 0.5) is 18.9 Å². The van der Waals surface area contributed by atoms with E-state index in [1.54, 1.807) is 12.1 Å². The number of amides is 2. The zero-order chi connectivity index (χ0) is 18.1. The lowest BCUT2D eigenvalue weighted by atomic mass is 10.0. The smallest absolute Gasteiger partial charge is 0.416 e. The van der Waals surface area contributed by atoms with Crippen LogP contribution in [0.3, 0.4) is 0 Å². The third-order valence-corrected chi connectivity index (χ3v) is 4.07. The number of halogens is 3. The molecule has 1 aliphatic rings. The monoisotopic (exact) mass is 352 g/mol. The minimum absolute atomic E-state index is 0.00457. The summed E-state index contributed by atoms with van der Waals surface area (Å²) in [5.41, 5.74) is -2.09. The maximum atomic E-state index is 12.7. The highest BCUT2D eigenvalue weighted by atomic mass is 19.4. The lowest BCUT2D eigenvalue weighted by Gasteiger charge is -2.16. The van der Waals surface area contributed by atoms with E-state index in [1.165, 1.54) is 18.4 Å². The highest BCUT2D eigenvalue weighted by Gasteiger charge is 2.56. The first kappa shape index (κ1) is 17.1. The van der Waals surface area contributed by atoms with Gasteiger partial charge in [0.2, 0.25) is 11.8 Å². The van der Waals surface area contributed by atoms with Gasteiger partial charge in [-0.2, -0.15) is 13.2 Å². The zero-order valence-electron chi connectivity index (χ0n) is 13.0. The molecule has 1 aromatic carbocycles. The van der Waals surface area contributed by atoms with Gasteiger partial charge in [-0.3, -0.25) is 9.59 Å². The Labute approximate surface area is 141 Å². The number of nitrogens with one attached hydrogen (secondary N) is 2. The number of carbonyl (C=O) groups excluding carboxylic acids is 2. The number of furan rings is 1. The third kappa shape index (κ3) is 3.67. The molecule has 2 aromatic rings. The fourth-order valence-corrected chi connectivity index (χ4v) is 2.46. The number of rotatable bonds is 5. The van der Waals surface area contributed by atoms with Crippen molar-refractivity contribution in [3.05, 3.63) is 54.0 Å². The van der Waals surface area contributed by atoms with Crippen LogP contribution in [-0.4, -0.2) is 11.8 Å². The summed E-state index contributed by atoms with van der Waals surface area (Å²) in [4.78, 5) is 24.7. The summed E-state index contributed by atoms with van der Waals surface area (Å²) < 4.78 is 43.3. The van der Waals surface area contributed by atoms with Gasteiger partial charge in [0, 0.05) is 5.69 Å². The molecular formula is C17H15F3N2O3. The van der Waals surface area contributed by atoms with E-state index < -0.39 is 29.0 Å². The molecule has 25 heavy (non-hydrogen) atoms. The van der Waals surface area contributed by atoms with Crippen LogP contribution >= 0.6 is 0 Å². The van der Waals surface area contributed by atoms with E-state index >= 15 is 0 Å². The number of carbonyl (C=O) groups is 2. The van der Waals surface area contributed by atoms with Crippen LogP contribution in [0.25, 0.3) is 0 Å². The topological polar surface area (TPSA) is 71.3 Å². The van der Waals surface area contributed by atoms with Crippen LogP contribution in [0.5, 0.6) is 0 Å². The maximum Gasteiger partial charge on any atom is 0.416 e. The van der Waals surface area contributed by atoms with E-state index in [-0.39, 0.29) is 12.2 Å². The summed E-state index contributed by atoms with van der Waals surface area (Å²) in [6, 6.07) is 7.67. The van der Waals surface area contributed by atoms with Crippen LogP contribution in [-0.2, 0) is 22.3 Å². The van der Waals surface area contributed by atoms with E-state index in [9.17, 15) is 22.8 Å². The summed E-state index contributed by atoms with van der Waals surface area (Å²) >= 11 is 0. The second kappa shape index (κ2) is 6.27. The lowest BCUT2D eigenvalue weighted by Crippen LogP contribution is -2.39. The molecule has 132 valence electrons. The molecule has 2 amide bonds. The van der Waals surface area contributed by atoms with E-state index in [0.717, 1.165) is 12.1 Å². The van der Waals surface area contributed by atoms with Crippen LogP contribution in [0.1, 0.15) is 24.2 Å². The Morgan fingerprint density at radius 3 is 2.48 bits per heavy atom. The molecule has 0 saturated heterocycles. The summed E-state index contributed by atoms with van der Waals surface area (Å²) in [6.45, 7) is 0.143. The third-order valence-electron chi connectivity index (χ3n) is 4.07. The molecule has 8 heteroatoms. The fourth-order valence-electron chi connectivity index (χ4n) is 2.46. The van der Waals surface area contributed by atoms with Crippen LogP contribution in [0.2, 0.25) is 0 Å². The molecule has 1 heterocycles. The molecule has 0 spiro atoms. The number of hydrogen-bond donors (Lipinski definition) is 2. The van der Waals surface area contributed by atoms with E-state index in [0.29, 0.717) is 18.6 Å². The second-order valence-electron chi connectivity index (χ2n) is 5.88. The van der Waals surface area contributed by atoms with Crippen molar-refractivity contribution in [3.8, 4) is 0 Å². The average Bonchev–Trinajstić information content (AvgIpc) is 3.22. The number of anilines is 1. The normalized spacial score (nSPS) is 15.5. The van der Waals surface area contributed by atoms with Crippen molar-refractivity contribution in [2.45, 2.75) is 25.6 Å². The van der Waals surface area contributed by atoms with Crippen molar-refractivity contribution in [2.75, 3.05) is 5.32 Å². The molecule has 5 nitrogen and oxygen atoms in total. The van der Waals surface area contributed by atoms with Crippen molar-refractivity contribution < 1.29 is 27.2 Å². The van der Waals surface area contributed by atoms with Crippen molar-refractivity contribution >= 4 is 17.5 Å². The number of hydrogen-bond acceptors (Lipinski definition) is 3. The average molecular weight is 352 g/mol. The molecule has 3 rings (SSSR count). The van der Waals surface area contributed by atoms with Gasteiger partial charge < -0.3 is 15.1 Å². The Morgan fingerprint density at radius 2 is 1.88 bits per heavy atom. The predicted octanol–water partition coefficient (Wildman–Crippen LogP) is 3.33. The lowest BCUT2D eigenvalue weighted by molar-refractivity contribution is -0.138. The Kier molecular flexibility index (Phi) is 4.28. The van der Waals surface area contributed by atoms with Crippen molar-refractivity contribution in [1.82, 2.24) is 5.32 Å². The Bertz CT molecular complexity index is 781. The van der Waals surface area contributed by atoms with Crippen LogP contribution in [0.15, 0.2) is 47.1 Å². The van der Waals surface area contributed by atoms with Gasteiger partial charge in [0.25, 0.3) is 0 Å². The fraction of sp³-hybridized carbons (Fsp3) is 0.294. The van der Waals surface area contributed by atoms with Gasteiger partial charge in [0.15, 0.2) is 0 Å². The van der Waals surface area contributed by atoms with Gasteiger partial charge in [0.05, 0.1) is 18.4 Å². The minimum atomic E-state index is -4.50. The van der Waals surface area contributed by atoms with E-state index in [1.807, 2.05) is 0 Å². The standard InChI is InChI=1S/C17H15F3N2O3/c18-17(19,20)11-3-1-4-12(9-11)22-15(24)16(6-7-16)14(23)21-10-13-5-2-8-25-13/h1-5,8-9H,6-7,10H2,(H,21,23)(H,22,24). The van der Waals surface area contributed by atoms with Crippen LogP contribution < -0.4 is 10.6 Å². The molecule has 1 aromatic heterocycles. The largest absolute Gasteiger partial charge is 0.467 e. The van der Waals surface area contributed by atoms with E-state index in [2.05, 4.69) is 10.6 Å². The molecule has 0 radical (unpaired) electrons. The SMILES string of the molecule is O=C(NCc1ccco1)C1(C(=O)Nc2cccc(C(F)(F)F)c2)CC1. The number of benzene rings is 1. The first-order valence-corrected chi connectivity index (χ1v) is 7.61. The maximum absolute atomic E-state index is 12.7. The highest BCUT2D eigenvalue weighted by Crippen LogP contribution is 2.47. The number of alkyl halides is 3. The zero-order valence-corrected chi connectivity index (χ0v) is 13.0. The molecule has 1 fully saturated rings. The van der Waals surface area contributed by atoms with Crippen molar-refractivity contribution in [2.24, 2.45) is 5.41 Å². The van der Waals surface area contributed by atoms with Crippen molar-refractivity contribution in [1.29, 1.82) is 0 Å². The second-order valence-corrected chi connectivity index (χ2v) is 5.88. The molecule has 0 unspecified atom stereocenters. The summed E-state index contributed by atoms with van der Waals surface area (Å²) in [7, 11) is 0. The van der Waals surface area contributed by atoms with E-state index in [4.69, 9.17) is 4.42 Å². The predicted molar refractivity (Wildman–Crippen MR) is 82.3 cm³/mol. The van der Waals surface area contributed by atoms with Gasteiger partial charge in [-0.15, -0.1) is 0 Å². The summed E-state index contributed by atoms with van der Waals surface area (Å²) in [5, 5.41) is 5.02. The quantitative estimate of drug-likeness (QED) is 0.811. The Hall–Kier alpha value is -2.77. The Morgan fingerprint density at radius 1 is 1.12 bits per heavy atom. The first-order valence-electron chi connectivity index (χ1n) is 7.61. The molecule has 0 atom stereocenters. The molecular weight excluding hydrogens is 337 g/mol. The molecule has 0 bridgehead atoms. The minimum Gasteiger partial charge on any atom is -0.467 e. The Balaban J connectivity index is 1.65. The van der Waals surface area contributed by atoms with Gasteiger partial charge in [-0.1, -0.05) is 6.07 Å². The van der Waals surface area contributed by atoms with Crippen molar-refractivity contribution in [3.63, 3.8) is 0 Å². The molecule has 2 N–H and O–H groups in total. The van der Waals surface area contributed by atoms with Gasteiger partial charge in [-0.05, 0) is 43.2 Å². The first-order chi connectivity index (χ1) is 11.8. The molecule has 0 aliphatic heterocycles. The summed E-state index contributed by atoms with van der Waals surface area (Å²) in [6.07, 6.45) is -2.34. The molecule has 1 saturated carbocycles. The summed E-state index contributed by atoms with van der Waals surface area (Å²) in [5.74, 6) is -0.528. The van der Waals surface area contributed by atoms with Crippen LogP contribution in [0, 0.1) is 5.41 Å². The van der Waals surface area contributed by atoms with Gasteiger partial charge >= 0.3 is 6.18 Å².